The molecule has 1 aromatic carbocycles. The number of thioether (sulfide) groups is 1. The Balaban J connectivity index is 3.24. The lowest BCUT2D eigenvalue weighted by atomic mass is 10.1. The molecule has 19 heavy (non-hydrogen) atoms. The van der Waals surface area contributed by atoms with Crippen molar-refractivity contribution in [1.29, 1.82) is 0 Å². The zero-order chi connectivity index (χ0) is 14.4. The molecular weight excluding hydrogens is 272 g/mol. The van der Waals surface area contributed by atoms with Crippen LogP contribution in [0.15, 0.2) is 23.1 Å². The molecular formula is C15H24N2S2. The number of hydrogen-bond donors (Lipinski definition) is 1. The molecule has 2 nitrogen and oxygen atoms in total. The van der Waals surface area contributed by atoms with E-state index in [0.29, 0.717) is 10.9 Å². The highest BCUT2D eigenvalue weighted by Crippen LogP contribution is 2.31. The largest absolute Gasteiger partial charge is 0.389 e. The number of rotatable bonds is 7. The van der Waals surface area contributed by atoms with E-state index in [0.717, 1.165) is 24.4 Å². The molecule has 0 spiro atoms. The van der Waals surface area contributed by atoms with E-state index in [-0.39, 0.29) is 0 Å². The predicted octanol–water partition coefficient (Wildman–Crippen LogP) is 3.92. The highest BCUT2D eigenvalue weighted by Gasteiger charge is 2.16. The summed E-state index contributed by atoms with van der Waals surface area (Å²) in [7, 11) is 0. The number of thiocarbonyl (C=S) groups is 1. The molecule has 2 N–H and O–H groups in total. The average Bonchev–Trinajstić information content (AvgIpc) is 2.35. The van der Waals surface area contributed by atoms with Crippen molar-refractivity contribution < 1.29 is 0 Å². The second-order valence-electron chi connectivity index (χ2n) is 4.88. The van der Waals surface area contributed by atoms with Gasteiger partial charge in [0.05, 0.1) is 0 Å². The average molecular weight is 297 g/mol. The third kappa shape index (κ3) is 4.39. The molecule has 0 unspecified atom stereocenters. The number of hydrogen-bond acceptors (Lipinski definition) is 3. The van der Waals surface area contributed by atoms with Crippen molar-refractivity contribution in [3.8, 4) is 0 Å². The summed E-state index contributed by atoms with van der Waals surface area (Å²) in [6.07, 6.45) is 0. The molecule has 4 heteroatoms. The molecule has 0 aliphatic carbocycles. The Morgan fingerprint density at radius 1 is 1.37 bits per heavy atom. The molecule has 0 saturated carbocycles. The lowest BCUT2D eigenvalue weighted by Gasteiger charge is -2.28. The summed E-state index contributed by atoms with van der Waals surface area (Å²) in [5, 5.41) is 0. The van der Waals surface area contributed by atoms with Gasteiger partial charge >= 0.3 is 0 Å². The van der Waals surface area contributed by atoms with Crippen LogP contribution in [0.2, 0.25) is 0 Å². The van der Waals surface area contributed by atoms with Crippen LogP contribution in [0, 0.1) is 5.92 Å². The van der Waals surface area contributed by atoms with Crippen molar-refractivity contribution in [2.45, 2.75) is 32.6 Å². The number of benzene rings is 1. The summed E-state index contributed by atoms with van der Waals surface area (Å²) >= 11 is 7.07. The maximum atomic E-state index is 5.96. The second-order valence-corrected chi connectivity index (χ2v) is 6.63. The minimum absolute atomic E-state index is 0.494. The molecule has 0 aromatic heterocycles. The molecule has 0 aliphatic rings. The zero-order valence-electron chi connectivity index (χ0n) is 12.3. The quantitative estimate of drug-likeness (QED) is 0.610. The Hall–Kier alpha value is -0.740. The zero-order valence-corrected chi connectivity index (χ0v) is 13.9. The smallest absolute Gasteiger partial charge is 0.107 e. The fourth-order valence-corrected chi connectivity index (χ4v) is 3.27. The molecule has 106 valence electrons. The summed E-state index contributed by atoms with van der Waals surface area (Å²) in [6, 6.07) is 6.33. The first-order valence-electron chi connectivity index (χ1n) is 6.81. The van der Waals surface area contributed by atoms with Crippen molar-refractivity contribution in [3.05, 3.63) is 23.8 Å². The normalized spacial score (nSPS) is 10.8. The van der Waals surface area contributed by atoms with Crippen molar-refractivity contribution in [1.82, 2.24) is 0 Å². The van der Waals surface area contributed by atoms with Gasteiger partial charge < -0.3 is 10.6 Å². The fourth-order valence-electron chi connectivity index (χ4n) is 2.15. The topological polar surface area (TPSA) is 29.3 Å². The van der Waals surface area contributed by atoms with E-state index in [1.165, 1.54) is 10.6 Å². The van der Waals surface area contributed by atoms with Crippen molar-refractivity contribution in [3.63, 3.8) is 0 Å². The minimum atomic E-state index is 0.494. The van der Waals surface area contributed by atoms with Gasteiger partial charge in [-0.3, -0.25) is 0 Å². The number of nitrogens with zero attached hydrogens (tertiary/aromatic N) is 1. The van der Waals surface area contributed by atoms with Crippen molar-refractivity contribution in [2.75, 3.05) is 23.7 Å². The molecule has 0 atom stereocenters. The first-order chi connectivity index (χ1) is 9.01. The SMILES string of the molecule is CCSc1cccc(N(CC)CC(C)C)c1C(N)=S. The van der Waals surface area contributed by atoms with Crippen LogP contribution in [0.4, 0.5) is 5.69 Å². The van der Waals surface area contributed by atoms with Crippen LogP contribution in [0.25, 0.3) is 0 Å². The van der Waals surface area contributed by atoms with E-state index < -0.39 is 0 Å². The Kier molecular flexibility index (Phi) is 6.66. The van der Waals surface area contributed by atoms with Crippen LogP contribution in [0.3, 0.4) is 0 Å². The van der Waals surface area contributed by atoms with Gasteiger partial charge in [0.15, 0.2) is 0 Å². The van der Waals surface area contributed by atoms with Gasteiger partial charge in [-0.25, -0.2) is 0 Å². The molecule has 0 fully saturated rings. The van der Waals surface area contributed by atoms with Crippen molar-refractivity contribution >= 4 is 34.7 Å². The molecule has 0 amide bonds. The van der Waals surface area contributed by atoms with Gasteiger partial charge in [0.2, 0.25) is 0 Å². The second kappa shape index (κ2) is 7.75. The molecule has 1 aromatic rings. The summed E-state index contributed by atoms with van der Waals surface area (Å²) in [6.45, 7) is 10.8. The Bertz CT molecular complexity index is 430. The highest BCUT2D eigenvalue weighted by molar-refractivity contribution is 7.99. The molecule has 0 saturated heterocycles. The molecule has 1 rings (SSSR count). The lowest BCUT2D eigenvalue weighted by Crippen LogP contribution is -2.29. The van der Waals surface area contributed by atoms with Gasteiger partial charge in [-0.15, -0.1) is 11.8 Å². The van der Waals surface area contributed by atoms with E-state index in [9.17, 15) is 0 Å². The Morgan fingerprint density at radius 3 is 2.53 bits per heavy atom. The Morgan fingerprint density at radius 2 is 2.05 bits per heavy atom. The third-order valence-corrected chi connectivity index (χ3v) is 4.00. The summed E-state index contributed by atoms with van der Waals surface area (Å²) in [5.41, 5.74) is 8.16. The van der Waals surface area contributed by atoms with E-state index in [1.807, 2.05) is 0 Å². The molecule has 0 bridgehead atoms. The lowest BCUT2D eigenvalue weighted by molar-refractivity contribution is 0.618. The maximum Gasteiger partial charge on any atom is 0.107 e. The minimum Gasteiger partial charge on any atom is -0.389 e. The van der Waals surface area contributed by atoms with Crippen molar-refractivity contribution in [2.24, 2.45) is 11.7 Å². The van der Waals surface area contributed by atoms with E-state index >= 15 is 0 Å². The van der Waals surface area contributed by atoms with Gasteiger partial charge in [-0.2, -0.15) is 0 Å². The van der Waals surface area contributed by atoms with Gasteiger partial charge in [-0.1, -0.05) is 39.1 Å². The van der Waals surface area contributed by atoms with Crippen LogP contribution < -0.4 is 10.6 Å². The standard InChI is InChI=1S/C15H24N2S2/c1-5-17(10-11(3)4)12-8-7-9-13(19-6-2)14(12)15(16)18/h7-9,11H,5-6,10H2,1-4H3,(H2,16,18). The number of anilines is 1. The van der Waals surface area contributed by atoms with Gasteiger partial charge in [0.1, 0.15) is 4.99 Å². The van der Waals surface area contributed by atoms with E-state index in [4.69, 9.17) is 18.0 Å². The van der Waals surface area contributed by atoms with Crippen LogP contribution >= 0.6 is 24.0 Å². The first-order valence-corrected chi connectivity index (χ1v) is 8.21. The monoisotopic (exact) mass is 296 g/mol. The van der Waals surface area contributed by atoms with Gasteiger partial charge in [0, 0.05) is 29.2 Å². The summed E-state index contributed by atoms with van der Waals surface area (Å²) in [4.78, 5) is 4.04. The summed E-state index contributed by atoms with van der Waals surface area (Å²) < 4.78 is 0. The van der Waals surface area contributed by atoms with Gasteiger partial charge in [-0.05, 0) is 30.7 Å². The summed E-state index contributed by atoms with van der Waals surface area (Å²) in [5.74, 6) is 1.64. The van der Waals surface area contributed by atoms with Crippen LogP contribution in [-0.2, 0) is 0 Å². The van der Waals surface area contributed by atoms with E-state index in [1.54, 1.807) is 11.8 Å². The Labute approximate surface area is 126 Å². The van der Waals surface area contributed by atoms with Crippen LogP contribution in [0.1, 0.15) is 33.3 Å². The number of nitrogens with two attached hydrogens (primary N) is 1. The molecule has 0 aliphatic heterocycles. The third-order valence-electron chi connectivity index (χ3n) is 2.86. The molecule has 0 radical (unpaired) electrons. The highest BCUT2D eigenvalue weighted by atomic mass is 32.2. The molecule has 0 heterocycles. The maximum absolute atomic E-state index is 5.96. The predicted molar refractivity (Wildman–Crippen MR) is 91.5 cm³/mol. The van der Waals surface area contributed by atoms with E-state index in [2.05, 4.69) is 50.8 Å². The van der Waals surface area contributed by atoms with Crippen LogP contribution in [-0.4, -0.2) is 23.8 Å². The fraction of sp³-hybridized carbons (Fsp3) is 0.533. The van der Waals surface area contributed by atoms with Crippen LogP contribution in [0.5, 0.6) is 0 Å². The van der Waals surface area contributed by atoms with Gasteiger partial charge in [0.25, 0.3) is 0 Å². The first kappa shape index (κ1) is 16.3.